The Bertz CT molecular complexity index is 1060. The minimum absolute atomic E-state index is 0.127. The molecular formula is C22H20N4O3. The molecule has 1 amide bonds. The van der Waals surface area contributed by atoms with Crippen LogP contribution in [0.3, 0.4) is 0 Å². The van der Waals surface area contributed by atoms with Crippen LogP contribution in [-0.2, 0) is 16.9 Å². The summed E-state index contributed by atoms with van der Waals surface area (Å²) in [5.41, 5.74) is 0.690. The number of aromatic nitrogens is 2. The Morgan fingerprint density at radius 1 is 1.00 bits per heavy atom. The van der Waals surface area contributed by atoms with Gasteiger partial charge < -0.3 is 19.6 Å². The molecule has 2 aromatic carbocycles. The maximum atomic E-state index is 13.2. The second-order valence-corrected chi connectivity index (χ2v) is 6.66. The van der Waals surface area contributed by atoms with Crippen molar-refractivity contribution in [3.8, 4) is 11.7 Å². The van der Waals surface area contributed by atoms with Crippen LogP contribution in [-0.4, -0.2) is 16.0 Å². The number of benzene rings is 2. The molecule has 29 heavy (non-hydrogen) atoms. The molecule has 7 nitrogen and oxygen atoms in total. The van der Waals surface area contributed by atoms with Crippen molar-refractivity contribution in [1.29, 1.82) is 0 Å². The van der Waals surface area contributed by atoms with Crippen molar-refractivity contribution >= 4 is 11.6 Å². The Balaban J connectivity index is 1.52. The highest BCUT2D eigenvalue weighted by Crippen LogP contribution is 2.26. The number of anilines is 1. The highest BCUT2D eigenvalue weighted by molar-refractivity contribution is 5.90. The van der Waals surface area contributed by atoms with Crippen molar-refractivity contribution in [3.05, 3.63) is 90.4 Å². The number of hydrogen-bond acceptors (Lipinski definition) is 6. The third-order valence-electron chi connectivity index (χ3n) is 4.58. The van der Waals surface area contributed by atoms with E-state index in [4.69, 9.17) is 8.94 Å². The second-order valence-electron chi connectivity index (χ2n) is 6.66. The quantitative estimate of drug-likeness (QED) is 0.498. The summed E-state index contributed by atoms with van der Waals surface area (Å²) in [5, 5.41) is 10.1. The summed E-state index contributed by atoms with van der Waals surface area (Å²) in [6, 6.07) is 22.6. The lowest BCUT2D eigenvalue weighted by Crippen LogP contribution is -2.47. The highest BCUT2D eigenvalue weighted by Gasteiger charge is 2.35. The molecule has 0 aliphatic heterocycles. The molecule has 0 fully saturated rings. The molecule has 2 N–H and O–H groups in total. The van der Waals surface area contributed by atoms with E-state index in [1.807, 2.05) is 67.6 Å². The lowest BCUT2D eigenvalue weighted by Gasteiger charge is -2.31. The van der Waals surface area contributed by atoms with Gasteiger partial charge in [-0.3, -0.25) is 4.79 Å². The fourth-order valence-corrected chi connectivity index (χ4v) is 3.00. The van der Waals surface area contributed by atoms with Crippen LogP contribution < -0.4 is 10.6 Å². The third kappa shape index (κ3) is 4.03. The topological polar surface area (TPSA) is 93.2 Å². The average Bonchev–Trinajstić information content (AvgIpc) is 3.45. The minimum atomic E-state index is -0.990. The summed E-state index contributed by atoms with van der Waals surface area (Å²) in [5.74, 6) is 0.902. The first-order valence-electron chi connectivity index (χ1n) is 9.19. The molecule has 0 spiro atoms. The van der Waals surface area contributed by atoms with E-state index in [1.54, 1.807) is 12.1 Å². The molecule has 7 heteroatoms. The van der Waals surface area contributed by atoms with Gasteiger partial charge in [0.2, 0.25) is 5.91 Å². The molecule has 2 aromatic heterocycles. The van der Waals surface area contributed by atoms with Crippen molar-refractivity contribution in [2.24, 2.45) is 0 Å². The largest absolute Gasteiger partial charge is 0.459 e. The van der Waals surface area contributed by atoms with E-state index in [0.29, 0.717) is 11.6 Å². The number of carbonyl (C=O) groups is 1. The summed E-state index contributed by atoms with van der Waals surface area (Å²) in [7, 11) is 0. The van der Waals surface area contributed by atoms with Gasteiger partial charge in [0.1, 0.15) is 5.54 Å². The van der Waals surface area contributed by atoms with E-state index in [9.17, 15) is 4.79 Å². The number of furan rings is 1. The monoisotopic (exact) mass is 388 g/mol. The molecule has 0 aliphatic rings. The first kappa shape index (κ1) is 18.5. The van der Waals surface area contributed by atoms with Crippen molar-refractivity contribution in [1.82, 2.24) is 15.5 Å². The zero-order chi connectivity index (χ0) is 20.1. The van der Waals surface area contributed by atoms with Crippen LogP contribution in [0.25, 0.3) is 11.7 Å². The third-order valence-corrected chi connectivity index (χ3v) is 4.58. The molecule has 1 unspecified atom stereocenters. The molecule has 4 rings (SSSR count). The predicted octanol–water partition coefficient (Wildman–Crippen LogP) is 3.97. The van der Waals surface area contributed by atoms with Crippen LogP contribution >= 0.6 is 0 Å². The summed E-state index contributed by atoms with van der Waals surface area (Å²) < 4.78 is 10.4. The molecule has 0 aliphatic carbocycles. The van der Waals surface area contributed by atoms with Gasteiger partial charge in [-0.15, -0.1) is 0 Å². The van der Waals surface area contributed by atoms with E-state index in [2.05, 4.69) is 20.8 Å². The van der Waals surface area contributed by atoms with Gasteiger partial charge in [-0.1, -0.05) is 53.7 Å². The molecular weight excluding hydrogens is 368 g/mol. The maximum Gasteiger partial charge on any atom is 0.293 e. The maximum absolute atomic E-state index is 13.2. The number of rotatable bonds is 7. The van der Waals surface area contributed by atoms with Gasteiger partial charge in [0, 0.05) is 5.69 Å². The molecule has 2 heterocycles. The number of hydrogen-bond donors (Lipinski definition) is 2. The Labute approximate surface area is 167 Å². The van der Waals surface area contributed by atoms with Gasteiger partial charge in [-0.2, -0.15) is 4.98 Å². The molecule has 0 radical (unpaired) electrons. The standard InChI is InChI=1S/C22H20N4O3/c1-22(16-9-4-2-5-10-16,25-17-11-6-3-7-12-17)21(27)23-15-19-24-20(29-26-19)18-13-8-14-28-18/h2-14,25H,15H2,1H3,(H,23,27). The summed E-state index contributed by atoms with van der Waals surface area (Å²) in [4.78, 5) is 17.5. The van der Waals surface area contributed by atoms with Crippen molar-refractivity contribution in [2.45, 2.75) is 19.0 Å². The number of nitrogens with one attached hydrogen (secondary N) is 2. The molecule has 0 saturated heterocycles. The zero-order valence-corrected chi connectivity index (χ0v) is 15.8. The normalized spacial score (nSPS) is 12.9. The Morgan fingerprint density at radius 3 is 2.41 bits per heavy atom. The first-order valence-corrected chi connectivity index (χ1v) is 9.19. The van der Waals surface area contributed by atoms with Gasteiger partial charge >= 0.3 is 0 Å². The lowest BCUT2D eigenvalue weighted by atomic mass is 9.90. The SMILES string of the molecule is CC(Nc1ccccc1)(C(=O)NCc1noc(-c2ccco2)n1)c1ccccc1. The van der Waals surface area contributed by atoms with E-state index in [1.165, 1.54) is 6.26 Å². The molecule has 0 saturated carbocycles. The lowest BCUT2D eigenvalue weighted by molar-refractivity contribution is -0.125. The van der Waals surface area contributed by atoms with Crippen LogP contribution in [0.4, 0.5) is 5.69 Å². The van der Waals surface area contributed by atoms with E-state index in [0.717, 1.165) is 11.3 Å². The van der Waals surface area contributed by atoms with Crippen LogP contribution in [0.15, 0.2) is 88.0 Å². The van der Waals surface area contributed by atoms with Gasteiger partial charge in [0.25, 0.3) is 5.89 Å². The first-order chi connectivity index (χ1) is 14.1. The van der Waals surface area contributed by atoms with Crippen LogP contribution in [0.2, 0.25) is 0 Å². The summed E-state index contributed by atoms with van der Waals surface area (Å²) in [6.07, 6.45) is 1.53. The molecule has 0 bridgehead atoms. The summed E-state index contributed by atoms with van der Waals surface area (Å²) >= 11 is 0. The number of nitrogens with zero attached hydrogens (tertiary/aromatic N) is 2. The van der Waals surface area contributed by atoms with Gasteiger partial charge in [-0.05, 0) is 36.8 Å². The van der Waals surface area contributed by atoms with E-state index < -0.39 is 5.54 Å². The molecule has 4 aromatic rings. The van der Waals surface area contributed by atoms with Gasteiger partial charge in [0.15, 0.2) is 11.6 Å². The molecule has 1 atom stereocenters. The fraction of sp³-hybridized carbons (Fsp3) is 0.136. The zero-order valence-electron chi connectivity index (χ0n) is 15.8. The minimum Gasteiger partial charge on any atom is -0.459 e. The molecule has 146 valence electrons. The smallest absolute Gasteiger partial charge is 0.293 e. The van der Waals surface area contributed by atoms with Crippen LogP contribution in [0.1, 0.15) is 18.3 Å². The van der Waals surface area contributed by atoms with E-state index in [-0.39, 0.29) is 18.3 Å². The second kappa shape index (κ2) is 8.02. The van der Waals surface area contributed by atoms with Crippen molar-refractivity contribution in [2.75, 3.05) is 5.32 Å². The Kier molecular flexibility index (Phi) is 5.11. The predicted molar refractivity (Wildman–Crippen MR) is 108 cm³/mol. The van der Waals surface area contributed by atoms with Gasteiger partial charge in [0.05, 0.1) is 12.8 Å². The number of carbonyl (C=O) groups excluding carboxylic acids is 1. The van der Waals surface area contributed by atoms with Crippen LogP contribution in [0, 0.1) is 0 Å². The van der Waals surface area contributed by atoms with E-state index >= 15 is 0 Å². The summed E-state index contributed by atoms with van der Waals surface area (Å²) in [6.45, 7) is 1.97. The number of para-hydroxylation sites is 1. The van der Waals surface area contributed by atoms with Gasteiger partial charge in [-0.25, -0.2) is 0 Å². The van der Waals surface area contributed by atoms with Crippen LogP contribution in [0.5, 0.6) is 0 Å². The Morgan fingerprint density at radius 2 is 1.72 bits per heavy atom. The van der Waals surface area contributed by atoms with Crippen molar-refractivity contribution < 1.29 is 13.7 Å². The Hall–Kier alpha value is -3.87. The average molecular weight is 388 g/mol. The van der Waals surface area contributed by atoms with Crippen molar-refractivity contribution in [3.63, 3.8) is 0 Å². The highest BCUT2D eigenvalue weighted by atomic mass is 16.5. The fourth-order valence-electron chi connectivity index (χ4n) is 3.00. The number of amides is 1.